The third-order valence-corrected chi connectivity index (χ3v) is 6.67. The van der Waals surface area contributed by atoms with Gasteiger partial charge in [0.05, 0.1) is 17.5 Å². The molecule has 0 aromatic heterocycles. The number of carbonyl (C=O) groups is 2. The van der Waals surface area contributed by atoms with E-state index in [-0.39, 0.29) is 35.7 Å². The summed E-state index contributed by atoms with van der Waals surface area (Å²) in [7, 11) is 1.46. The van der Waals surface area contributed by atoms with E-state index in [1.54, 1.807) is 12.1 Å². The van der Waals surface area contributed by atoms with Crippen molar-refractivity contribution in [1.82, 2.24) is 0 Å². The molecule has 29 heavy (non-hydrogen) atoms. The molecule has 1 amide bonds. The number of Topliss-reactive ketones (excluding diaryl/α,β-unsaturated/α-hetero) is 1. The lowest BCUT2D eigenvalue weighted by Crippen LogP contribution is -2.40. The van der Waals surface area contributed by atoms with Gasteiger partial charge in [0.15, 0.2) is 11.5 Å². The molecule has 2 aromatic rings. The van der Waals surface area contributed by atoms with E-state index in [4.69, 9.17) is 16.3 Å². The molecule has 1 heterocycles. The molecule has 1 N–H and O–H groups in total. The van der Waals surface area contributed by atoms with Gasteiger partial charge in [-0.25, -0.2) is 4.99 Å². The summed E-state index contributed by atoms with van der Waals surface area (Å²) in [6, 6.07) is 10.9. The number of aromatic hydroxyl groups is 1. The highest BCUT2D eigenvalue weighted by molar-refractivity contribution is 9.10. The fourth-order valence-corrected chi connectivity index (χ4v) is 5.14. The first kappa shape index (κ1) is 20.1. The van der Waals surface area contributed by atoms with Crippen molar-refractivity contribution in [2.45, 2.75) is 31.1 Å². The van der Waals surface area contributed by atoms with Gasteiger partial charge in [-0.2, -0.15) is 0 Å². The third kappa shape index (κ3) is 3.71. The molecular weight excluding hydrogens is 458 g/mol. The van der Waals surface area contributed by atoms with Crippen LogP contribution in [0.4, 0.5) is 0 Å². The number of rotatable bonds is 3. The molecule has 1 aliphatic carbocycles. The van der Waals surface area contributed by atoms with E-state index in [1.807, 2.05) is 24.3 Å². The Balaban J connectivity index is 1.71. The second-order valence-corrected chi connectivity index (χ2v) is 8.69. The quantitative estimate of drug-likeness (QED) is 0.674. The molecule has 1 aliphatic heterocycles. The van der Waals surface area contributed by atoms with Crippen LogP contribution in [-0.2, 0) is 9.59 Å². The smallest absolute Gasteiger partial charge is 0.246 e. The number of carbonyl (C=O) groups excluding carboxylic acids is 2. The van der Waals surface area contributed by atoms with Crippen LogP contribution in [-0.4, -0.2) is 29.6 Å². The van der Waals surface area contributed by atoms with Gasteiger partial charge < -0.3 is 9.84 Å². The number of phenols is 1. The minimum atomic E-state index is -0.451. The van der Waals surface area contributed by atoms with E-state index in [1.165, 1.54) is 7.11 Å². The van der Waals surface area contributed by atoms with Crippen LogP contribution in [0.1, 0.15) is 42.2 Å². The van der Waals surface area contributed by atoms with E-state index >= 15 is 0 Å². The van der Waals surface area contributed by atoms with Gasteiger partial charge >= 0.3 is 0 Å². The maximum Gasteiger partial charge on any atom is 0.246 e. The number of ether oxygens (including phenoxy) is 1. The fraction of sp³-hybridized carbons (Fsp3) is 0.318. The largest absolute Gasteiger partial charge is 0.503 e. The lowest BCUT2D eigenvalue weighted by Gasteiger charge is -2.36. The minimum absolute atomic E-state index is 0.0129. The van der Waals surface area contributed by atoms with Crippen molar-refractivity contribution in [1.29, 1.82) is 0 Å². The average molecular weight is 477 g/mol. The highest BCUT2D eigenvalue weighted by Crippen LogP contribution is 2.46. The predicted octanol–water partition coefficient (Wildman–Crippen LogP) is 5.03. The monoisotopic (exact) mass is 475 g/mol. The summed E-state index contributed by atoms with van der Waals surface area (Å²) in [6.45, 7) is 0. The van der Waals surface area contributed by atoms with Crippen molar-refractivity contribution in [2.24, 2.45) is 10.9 Å². The molecule has 2 aliphatic rings. The number of fused-ring (bicyclic) bond motifs is 1. The van der Waals surface area contributed by atoms with Crippen molar-refractivity contribution in [3.8, 4) is 11.5 Å². The number of halogens is 2. The number of aliphatic imine (C=N–C) groups is 1. The summed E-state index contributed by atoms with van der Waals surface area (Å²) in [4.78, 5) is 29.8. The molecule has 7 heteroatoms. The standard InChI is InChI=1S/C22H19BrClNO4/c1-29-19-9-11(6-15(23)22(19)28)14-10-20(27)25-17-7-12(8-18(26)21(14)17)13-4-2-3-5-16(13)24/h2-6,9,12,14,21,28H,7-8,10H2,1H3. The summed E-state index contributed by atoms with van der Waals surface area (Å²) in [5.74, 6) is -0.770. The molecule has 150 valence electrons. The topological polar surface area (TPSA) is 76.0 Å². The summed E-state index contributed by atoms with van der Waals surface area (Å²) in [5, 5.41) is 10.7. The van der Waals surface area contributed by atoms with E-state index < -0.39 is 5.92 Å². The lowest BCUT2D eigenvalue weighted by atomic mass is 9.67. The number of amides is 1. The molecule has 3 unspecified atom stereocenters. The van der Waals surface area contributed by atoms with Gasteiger partial charge in [-0.1, -0.05) is 29.8 Å². The van der Waals surface area contributed by atoms with E-state index in [0.29, 0.717) is 33.8 Å². The molecule has 3 atom stereocenters. The third-order valence-electron chi connectivity index (χ3n) is 5.72. The molecule has 1 saturated carbocycles. The van der Waals surface area contributed by atoms with Crippen LogP contribution in [0.5, 0.6) is 11.5 Å². The Morgan fingerprint density at radius 3 is 2.66 bits per heavy atom. The first-order valence-corrected chi connectivity index (χ1v) is 10.5. The number of benzene rings is 2. The molecule has 4 rings (SSSR count). The van der Waals surface area contributed by atoms with Gasteiger partial charge in [0.1, 0.15) is 5.78 Å². The van der Waals surface area contributed by atoms with Gasteiger partial charge in [-0.05, 0) is 57.6 Å². The highest BCUT2D eigenvalue weighted by atomic mass is 79.9. The first-order valence-electron chi connectivity index (χ1n) is 9.32. The Morgan fingerprint density at radius 1 is 1.17 bits per heavy atom. The summed E-state index contributed by atoms with van der Waals surface area (Å²) >= 11 is 9.66. The maximum absolute atomic E-state index is 13.2. The second-order valence-electron chi connectivity index (χ2n) is 7.43. The first-order chi connectivity index (χ1) is 13.9. The van der Waals surface area contributed by atoms with Crippen LogP contribution in [0.3, 0.4) is 0 Å². The van der Waals surface area contributed by atoms with Crippen LogP contribution in [0, 0.1) is 5.92 Å². The number of hydrogen-bond donors (Lipinski definition) is 1. The van der Waals surface area contributed by atoms with Gasteiger partial charge in [0.25, 0.3) is 0 Å². The van der Waals surface area contributed by atoms with Crippen molar-refractivity contribution >= 4 is 44.9 Å². The zero-order chi connectivity index (χ0) is 20.7. The predicted molar refractivity (Wildman–Crippen MR) is 114 cm³/mol. The molecule has 0 saturated heterocycles. The summed E-state index contributed by atoms with van der Waals surface area (Å²) in [6.07, 6.45) is 1.03. The Kier molecular flexibility index (Phi) is 5.49. The number of hydrogen-bond acceptors (Lipinski definition) is 4. The molecular formula is C22H19BrClNO4. The molecule has 0 bridgehead atoms. The molecule has 0 radical (unpaired) electrons. The van der Waals surface area contributed by atoms with Crippen molar-refractivity contribution in [3.05, 3.63) is 57.0 Å². The van der Waals surface area contributed by atoms with Crippen molar-refractivity contribution in [2.75, 3.05) is 7.11 Å². The average Bonchev–Trinajstić information content (AvgIpc) is 2.69. The van der Waals surface area contributed by atoms with Gasteiger partial charge in [-0.15, -0.1) is 0 Å². The Hall–Kier alpha value is -2.18. The van der Waals surface area contributed by atoms with Crippen molar-refractivity contribution in [3.63, 3.8) is 0 Å². The number of phenolic OH excluding ortho intramolecular Hbond substituents is 1. The van der Waals surface area contributed by atoms with Gasteiger partial charge in [-0.3, -0.25) is 9.59 Å². The van der Waals surface area contributed by atoms with Crippen LogP contribution >= 0.6 is 27.5 Å². The van der Waals surface area contributed by atoms with Crippen LogP contribution in [0.15, 0.2) is 45.9 Å². The van der Waals surface area contributed by atoms with Gasteiger partial charge in [0, 0.05) is 29.5 Å². The molecule has 0 spiro atoms. The number of methoxy groups -OCH3 is 1. The van der Waals surface area contributed by atoms with Crippen LogP contribution in [0.25, 0.3) is 0 Å². The SMILES string of the molecule is COc1cc(C2CC(=O)N=C3CC(c4ccccc4Cl)CC(=O)C32)cc(Br)c1O. The van der Waals surface area contributed by atoms with Gasteiger partial charge in [0.2, 0.25) is 5.91 Å². The van der Waals surface area contributed by atoms with E-state index in [0.717, 1.165) is 11.1 Å². The van der Waals surface area contributed by atoms with Crippen molar-refractivity contribution < 1.29 is 19.4 Å². The van der Waals surface area contributed by atoms with E-state index in [2.05, 4.69) is 20.9 Å². The fourth-order valence-electron chi connectivity index (χ4n) is 4.39. The Bertz CT molecular complexity index is 1040. The maximum atomic E-state index is 13.2. The Labute approximate surface area is 181 Å². The zero-order valence-electron chi connectivity index (χ0n) is 15.7. The van der Waals surface area contributed by atoms with E-state index in [9.17, 15) is 14.7 Å². The summed E-state index contributed by atoms with van der Waals surface area (Å²) < 4.78 is 5.70. The number of nitrogens with zero attached hydrogens (tertiary/aromatic N) is 1. The van der Waals surface area contributed by atoms with Crippen LogP contribution in [0.2, 0.25) is 5.02 Å². The molecule has 1 fully saturated rings. The number of ketones is 1. The van der Waals surface area contributed by atoms with Crippen LogP contribution < -0.4 is 4.74 Å². The molecule has 5 nitrogen and oxygen atoms in total. The summed E-state index contributed by atoms with van der Waals surface area (Å²) in [5.41, 5.74) is 2.30. The minimum Gasteiger partial charge on any atom is -0.503 e. The second kappa shape index (κ2) is 7.92. The lowest BCUT2D eigenvalue weighted by molar-refractivity contribution is -0.124. The Morgan fingerprint density at radius 2 is 1.93 bits per heavy atom. The normalized spacial score (nSPS) is 24.1. The molecule has 2 aromatic carbocycles. The zero-order valence-corrected chi connectivity index (χ0v) is 18.0. The highest BCUT2D eigenvalue weighted by Gasteiger charge is 2.44.